The highest BCUT2D eigenvalue weighted by molar-refractivity contribution is 5.82. The largest absolute Gasteiger partial charge is 0.386 e. The van der Waals surface area contributed by atoms with Gasteiger partial charge in [-0.15, -0.1) is 0 Å². The van der Waals surface area contributed by atoms with Crippen molar-refractivity contribution in [1.82, 2.24) is 0 Å². The summed E-state index contributed by atoms with van der Waals surface area (Å²) in [5.41, 5.74) is 6.50. The first-order valence-electron chi connectivity index (χ1n) is 8.05. The summed E-state index contributed by atoms with van der Waals surface area (Å²) in [6.07, 6.45) is 6.20. The first-order valence-corrected chi connectivity index (χ1v) is 8.05. The average molecular weight is 305 g/mol. The molecule has 0 spiro atoms. The van der Waals surface area contributed by atoms with Crippen LogP contribution in [0.25, 0.3) is 0 Å². The number of anilines is 1. The molecule has 0 bridgehead atoms. The Kier molecular flexibility index (Phi) is 4.34. The van der Waals surface area contributed by atoms with Gasteiger partial charge in [-0.2, -0.15) is 0 Å². The molecular weight excluding hydrogens is 281 g/mol. The van der Waals surface area contributed by atoms with E-state index < -0.39 is 5.54 Å². The Bertz CT molecular complexity index is 569. The molecule has 1 aliphatic heterocycles. The van der Waals surface area contributed by atoms with Crippen molar-refractivity contribution in [3.05, 3.63) is 29.6 Å². The predicted molar refractivity (Wildman–Crippen MR) is 86.7 cm³/mol. The van der Waals surface area contributed by atoms with Crippen LogP contribution in [0.15, 0.2) is 23.2 Å². The highest BCUT2D eigenvalue weighted by Crippen LogP contribution is 2.33. The first-order chi connectivity index (χ1) is 10.6. The molecule has 3 N–H and O–H groups in total. The smallest absolute Gasteiger partial charge is 0.129 e. The number of benzene rings is 1. The summed E-state index contributed by atoms with van der Waals surface area (Å²) in [5.74, 6) is 0.150. The van der Waals surface area contributed by atoms with E-state index in [9.17, 15) is 4.39 Å². The molecule has 1 atom stereocenters. The highest BCUT2D eigenvalue weighted by atomic mass is 19.1. The predicted octanol–water partition coefficient (Wildman–Crippen LogP) is 3.17. The van der Waals surface area contributed by atoms with Gasteiger partial charge in [-0.25, -0.2) is 4.39 Å². The molecule has 120 valence electrons. The van der Waals surface area contributed by atoms with E-state index in [4.69, 9.17) is 10.5 Å². The fourth-order valence-electron chi connectivity index (χ4n) is 3.38. The van der Waals surface area contributed by atoms with Gasteiger partial charge in [0.2, 0.25) is 0 Å². The molecule has 2 aliphatic rings. The third kappa shape index (κ3) is 3.24. The normalized spacial score (nSPS) is 26.5. The minimum absolute atomic E-state index is 0.265. The van der Waals surface area contributed by atoms with E-state index in [0.29, 0.717) is 30.7 Å². The molecule has 22 heavy (non-hydrogen) atoms. The molecule has 0 radical (unpaired) electrons. The average Bonchev–Trinajstić information content (AvgIpc) is 2.50. The number of nitrogens with zero attached hydrogens (tertiary/aromatic N) is 1. The van der Waals surface area contributed by atoms with Crippen molar-refractivity contribution in [3.8, 4) is 0 Å². The van der Waals surface area contributed by atoms with Crippen LogP contribution in [0.1, 0.15) is 44.6 Å². The summed E-state index contributed by atoms with van der Waals surface area (Å²) in [5, 5.41) is 3.53. The van der Waals surface area contributed by atoms with Gasteiger partial charge < -0.3 is 15.8 Å². The lowest BCUT2D eigenvalue weighted by atomic mass is 9.91. The fourth-order valence-corrected chi connectivity index (χ4v) is 3.38. The van der Waals surface area contributed by atoms with Crippen LogP contribution >= 0.6 is 0 Å². The van der Waals surface area contributed by atoms with Gasteiger partial charge >= 0.3 is 0 Å². The van der Waals surface area contributed by atoms with Crippen LogP contribution in [0, 0.1) is 5.82 Å². The molecule has 1 aromatic carbocycles. The van der Waals surface area contributed by atoms with Crippen LogP contribution in [-0.2, 0) is 10.3 Å². The van der Waals surface area contributed by atoms with Gasteiger partial charge in [-0.05, 0) is 38.0 Å². The maximum absolute atomic E-state index is 14.3. The molecule has 1 saturated carbocycles. The quantitative estimate of drug-likeness (QED) is 0.901. The summed E-state index contributed by atoms with van der Waals surface area (Å²) in [7, 11) is 0. The van der Waals surface area contributed by atoms with Gasteiger partial charge in [0.25, 0.3) is 0 Å². The molecule has 4 nitrogen and oxygen atoms in total. The molecule has 0 amide bonds. The van der Waals surface area contributed by atoms with E-state index in [1.807, 2.05) is 13.0 Å². The number of amidine groups is 1. The van der Waals surface area contributed by atoms with E-state index in [1.165, 1.54) is 38.2 Å². The van der Waals surface area contributed by atoms with Crippen LogP contribution in [0.3, 0.4) is 0 Å². The van der Waals surface area contributed by atoms with Gasteiger partial charge in [-0.3, -0.25) is 4.99 Å². The van der Waals surface area contributed by atoms with Crippen molar-refractivity contribution in [3.63, 3.8) is 0 Å². The van der Waals surface area contributed by atoms with Gasteiger partial charge in [0, 0.05) is 17.3 Å². The SMILES string of the molecule is CC1(c2cc(NC3CCCCC3)ccc2F)COCC(N)=N1. The summed E-state index contributed by atoms with van der Waals surface area (Å²) in [6.45, 7) is 2.52. The molecule has 1 heterocycles. The molecule has 5 heteroatoms. The van der Waals surface area contributed by atoms with Gasteiger partial charge in [-0.1, -0.05) is 19.3 Å². The molecule has 1 aromatic rings. The second-order valence-corrected chi connectivity index (χ2v) is 6.54. The zero-order chi connectivity index (χ0) is 15.6. The Morgan fingerprint density at radius 1 is 1.32 bits per heavy atom. The molecular formula is C17H24FN3O. The van der Waals surface area contributed by atoms with Crippen LogP contribution in [0.4, 0.5) is 10.1 Å². The van der Waals surface area contributed by atoms with Crippen molar-refractivity contribution in [2.45, 2.75) is 50.6 Å². The minimum Gasteiger partial charge on any atom is -0.386 e. The lowest BCUT2D eigenvalue weighted by molar-refractivity contribution is 0.104. The zero-order valence-corrected chi connectivity index (χ0v) is 13.1. The van der Waals surface area contributed by atoms with E-state index in [1.54, 1.807) is 6.07 Å². The van der Waals surface area contributed by atoms with E-state index in [2.05, 4.69) is 10.3 Å². The van der Waals surface area contributed by atoms with Crippen molar-refractivity contribution >= 4 is 11.5 Å². The van der Waals surface area contributed by atoms with Gasteiger partial charge in [0.15, 0.2) is 0 Å². The van der Waals surface area contributed by atoms with Gasteiger partial charge in [0.05, 0.1) is 6.61 Å². The minimum atomic E-state index is -0.753. The number of rotatable bonds is 3. The summed E-state index contributed by atoms with van der Waals surface area (Å²) >= 11 is 0. The zero-order valence-electron chi connectivity index (χ0n) is 13.1. The Morgan fingerprint density at radius 3 is 2.82 bits per heavy atom. The Morgan fingerprint density at radius 2 is 2.09 bits per heavy atom. The third-order valence-corrected chi connectivity index (χ3v) is 4.55. The van der Waals surface area contributed by atoms with Crippen LogP contribution in [-0.4, -0.2) is 25.1 Å². The second kappa shape index (κ2) is 6.24. The fraction of sp³-hybridized carbons (Fsp3) is 0.588. The molecule has 3 rings (SSSR count). The van der Waals surface area contributed by atoms with Gasteiger partial charge in [0.1, 0.15) is 23.8 Å². The van der Waals surface area contributed by atoms with Crippen molar-refractivity contribution in [1.29, 1.82) is 0 Å². The number of hydrogen-bond acceptors (Lipinski definition) is 4. The number of nitrogens with two attached hydrogens (primary N) is 1. The molecule has 1 aliphatic carbocycles. The lowest BCUT2D eigenvalue weighted by Crippen LogP contribution is -2.38. The van der Waals surface area contributed by atoms with Crippen LogP contribution < -0.4 is 11.1 Å². The highest BCUT2D eigenvalue weighted by Gasteiger charge is 2.33. The molecule has 0 aromatic heterocycles. The van der Waals surface area contributed by atoms with Crippen molar-refractivity contribution in [2.75, 3.05) is 18.5 Å². The number of halogens is 1. The Balaban J connectivity index is 1.85. The monoisotopic (exact) mass is 305 g/mol. The maximum atomic E-state index is 14.3. The molecule has 0 saturated heterocycles. The van der Waals surface area contributed by atoms with Crippen LogP contribution in [0.5, 0.6) is 0 Å². The number of hydrogen-bond donors (Lipinski definition) is 2. The number of nitrogens with one attached hydrogen (secondary N) is 1. The summed E-state index contributed by atoms with van der Waals surface area (Å²) < 4.78 is 19.8. The van der Waals surface area contributed by atoms with E-state index in [-0.39, 0.29) is 5.82 Å². The topological polar surface area (TPSA) is 59.6 Å². The van der Waals surface area contributed by atoms with E-state index >= 15 is 0 Å². The number of aliphatic imine (C=N–C) groups is 1. The van der Waals surface area contributed by atoms with Crippen molar-refractivity contribution < 1.29 is 9.13 Å². The Hall–Kier alpha value is -1.62. The Labute approximate surface area is 130 Å². The van der Waals surface area contributed by atoms with Crippen LogP contribution in [0.2, 0.25) is 0 Å². The number of ether oxygens (including phenoxy) is 1. The summed E-state index contributed by atoms with van der Waals surface area (Å²) in [4.78, 5) is 4.43. The maximum Gasteiger partial charge on any atom is 0.129 e. The van der Waals surface area contributed by atoms with E-state index in [0.717, 1.165) is 5.69 Å². The second-order valence-electron chi connectivity index (χ2n) is 6.54. The lowest BCUT2D eigenvalue weighted by Gasteiger charge is -2.31. The third-order valence-electron chi connectivity index (χ3n) is 4.55. The summed E-state index contributed by atoms with van der Waals surface area (Å²) in [6, 6.07) is 5.64. The first kappa shape index (κ1) is 15.3. The van der Waals surface area contributed by atoms with Crippen molar-refractivity contribution in [2.24, 2.45) is 10.7 Å². The molecule has 1 fully saturated rings. The molecule has 1 unspecified atom stereocenters. The standard InChI is InChI=1S/C17H24FN3O/c1-17(11-22-10-16(19)21-17)14-9-13(7-8-15(14)18)20-12-5-3-2-4-6-12/h7-9,12,20H,2-6,10-11H2,1H3,(H2,19,21).